The van der Waals surface area contributed by atoms with Gasteiger partial charge in [-0.1, -0.05) is 25.8 Å². The highest BCUT2D eigenvalue weighted by Crippen LogP contribution is 2.01. The van der Waals surface area contributed by atoms with Crippen LogP contribution < -0.4 is 5.43 Å². The molecule has 1 rings (SSSR count). The van der Waals surface area contributed by atoms with E-state index in [1.807, 2.05) is 17.3 Å². The predicted molar refractivity (Wildman–Crippen MR) is 48.1 cm³/mol. The van der Waals surface area contributed by atoms with Gasteiger partial charge < -0.3 is 0 Å². The first-order chi connectivity index (χ1) is 5.83. The Bertz CT molecular complexity index is 177. The minimum atomic E-state index is 0.0917. The molecule has 0 bridgehead atoms. The molecule has 1 N–H and O–H groups in total. The average molecular weight is 168 g/mol. The number of rotatable bonds is 4. The summed E-state index contributed by atoms with van der Waals surface area (Å²) in [6.07, 6.45) is 7.93. The fourth-order valence-corrected chi connectivity index (χ4v) is 1.19. The molecule has 0 fully saturated rings. The highest BCUT2D eigenvalue weighted by molar-refractivity contribution is 5.77. The van der Waals surface area contributed by atoms with Crippen molar-refractivity contribution in [2.75, 3.05) is 6.54 Å². The van der Waals surface area contributed by atoms with Gasteiger partial charge in [0.2, 0.25) is 5.91 Å². The van der Waals surface area contributed by atoms with Crippen molar-refractivity contribution < 1.29 is 4.79 Å². The predicted octanol–water partition coefficient (Wildman–Crippen LogP) is 1.43. The zero-order chi connectivity index (χ0) is 8.81. The number of hydrogen-bond acceptors (Lipinski definition) is 2. The molecule has 1 aliphatic heterocycles. The summed E-state index contributed by atoms with van der Waals surface area (Å²) in [5.74, 6) is 0.0917. The summed E-state index contributed by atoms with van der Waals surface area (Å²) >= 11 is 0. The molecule has 1 amide bonds. The van der Waals surface area contributed by atoms with E-state index in [1.165, 1.54) is 12.8 Å². The van der Waals surface area contributed by atoms with Crippen LogP contribution in [0.2, 0.25) is 0 Å². The lowest BCUT2D eigenvalue weighted by Gasteiger charge is -2.23. The molecule has 0 saturated heterocycles. The van der Waals surface area contributed by atoms with Crippen LogP contribution >= 0.6 is 0 Å². The maximum atomic E-state index is 10.9. The lowest BCUT2D eigenvalue weighted by molar-refractivity contribution is -0.124. The first-order valence-corrected chi connectivity index (χ1v) is 4.55. The molecule has 68 valence electrons. The van der Waals surface area contributed by atoms with Crippen molar-refractivity contribution in [2.24, 2.45) is 0 Å². The summed E-state index contributed by atoms with van der Waals surface area (Å²) < 4.78 is 0. The Morgan fingerprint density at radius 3 is 3.08 bits per heavy atom. The van der Waals surface area contributed by atoms with Crippen LogP contribution in [0.1, 0.15) is 32.6 Å². The number of nitrogens with zero attached hydrogens (tertiary/aromatic N) is 1. The highest BCUT2D eigenvalue weighted by atomic mass is 16.2. The van der Waals surface area contributed by atoms with E-state index in [9.17, 15) is 4.79 Å². The van der Waals surface area contributed by atoms with Gasteiger partial charge in [0, 0.05) is 19.2 Å². The van der Waals surface area contributed by atoms with Crippen LogP contribution in [0.25, 0.3) is 0 Å². The van der Waals surface area contributed by atoms with Crippen molar-refractivity contribution in [2.45, 2.75) is 32.6 Å². The minimum Gasteiger partial charge on any atom is -0.293 e. The number of carbonyl (C=O) groups excluding carboxylic acids is 1. The number of hydrazine groups is 1. The van der Waals surface area contributed by atoms with E-state index in [1.54, 1.807) is 0 Å². The highest BCUT2D eigenvalue weighted by Gasteiger charge is 2.07. The van der Waals surface area contributed by atoms with Crippen LogP contribution in [0, 0.1) is 0 Å². The maximum Gasteiger partial charge on any atom is 0.242 e. The monoisotopic (exact) mass is 168 g/mol. The van der Waals surface area contributed by atoms with Gasteiger partial charge in [-0.05, 0) is 6.42 Å². The maximum absolute atomic E-state index is 10.9. The van der Waals surface area contributed by atoms with Gasteiger partial charge in [0.1, 0.15) is 0 Å². The standard InChI is InChI=1S/C9H16N2O/c1-2-3-4-7-11-8-5-6-9(12)10-11/h5,8H,2-4,6-7H2,1H3,(H,10,12). The lowest BCUT2D eigenvalue weighted by atomic mass is 10.2. The molecule has 12 heavy (non-hydrogen) atoms. The van der Waals surface area contributed by atoms with Crippen LogP contribution in [0.15, 0.2) is 12.3 Å². The topological polar surface area (TPSA) is 32.3 Å². The molecule has 0 radical (unpaired) electrons. The Balaban J connectivity index is 2.19. The van der Waals surface area contributed by atoms with Crippen LogP contribution in [0.4, 0.5) is 0 Å². The third kappa shape index (κ3) is 2.95. The molecule has 0 saturated carbocycles. The molecule has 1 aliphatic rings. The number of nitrogens with one attached hydrogen (secondary N) is 1. The summed E-state index contributed by atoms with van der Waals surface area (Å²) in [6.45, 7) is 3.10. The molecular weight excluding hydrogens is 152 g/mol. The lowest BCUT2D eigenvalue weighted by Crippen LogP contribution is -2.41. The fraction of sp³-hybridized carbons (Fsp3) is 0.667. The summed E-state index contributed by atoms with van der Waals surface area (Å²) in [6, 6.07) is 0. The van der Waals surface area contributed by atoms with Crippen molar-refractivity contribution >= 4 is 5.91 Å². The van der Waals surface area contributed by atoms with Gasteiger partial charge in [-0.3, -0.25) is 15.2 Å². The first kappa shape index (κ1) is 9.10. The van der Waals surface area contributed by atoms with E-state index < -0.39 is 0 Å². The molecular formula is C9H16N2O. The Morgan fingerprint density at radius 2 is 2.42 bits per heavy atom. The summed E-state index contributed by atoms with van der Waals surface area (Å²) in [7, 11) is 0. The Morgan fingerprint density at radius 1 is 1.58 bits per heavy atom. The summed E-state index contributed by atoms with van der Waals surface area (Å²) in [4.78, 5) is 10.9. The smallest absolute Gasteiger partial charge is 0.242 e. The van der Waals surface area contributed by atoms with Crippen LogP contribution in [-0.2, 0) is 4.79 Å². The largest absolute Gasteiger partial charge is 0.293 e. The van der Waals surface area contributed by atoms with Crippen LogP contribution in [0.3, 0.4) is 0 Å². The zero-order valence-corrected chi connectivity index (χ0v) is 7.55. The summed E-state index contributed by atoms with van der Waals surface area (Å²) in [5, 5.41) is 1.86. The van der Waals surface area contributed by atoms with Crippen molar-refractivity contribution in [1.29, 1.82) is 0 Å². The van der Waals surface area contributed by atoms with Crippen LogP contribution in [-0.4, -0.2) is 17.5 Å². The van der Waals surface area contributed by atoms with Crippen molar-refractivity contribution in [3.63, 3.8) is 0 Å². The molecule has 0 aromatic carbocycles. The Hall–Kier alpha value is -0.990. The normalized spacial score (nSPS) is 16.4. The third-order valence-corrected chi connectivity index (χ3v) is 1.86. The van der Waals surface area contributed by atoms with E-state index in [0.717, 1.165) is 13.0 Å². The second-order valence-corrected chi connectivity index (χ2v) is 3.02. The molecule has 3 nitrogen and oxygen atoms in total. The molecule has 0 atom stereocenters. The van der Waals surface area contributed by atoms with E-state index in [4.69, 9.17) is 0 Å². The molecule has 3 heteroatoms. The quantitative estimate of drug-likeness (QED) is 0.644. The van der Waals surface area contributed by atoms with Gasteiger partial charge in [0.15, 0.2) is 0 Å². The van der Waals surface area contributed by atoms with Gasteiger partial charge in [-0.2, -0.15) is 0 Å². The van der Waals surface area contributed by atoms with E-state index in [2.05, 4.69) is 12.3 Å². The molecule has 1 heterocycles. The number of unbranched alkanes of at least 4 members (excludes halogenated alkanes) is 2. The number of hydrogen-bond donors (Lipinski definition) is 1. The molecule has 0 aliphatic carbocycles. The van der Waals surface area contributed by atoms with Crippen LogP contribution in [0.5, 0.6) is 0 Å². The summed E-state index contributed by atoms with van der Waals surface area (Å²) in [5.41, 5.74) is 2.78. The van der Waals surface area contributed by atoms with Gasteiger partial charge in [0.05, 0.1) is 0 Å². The minimum absolute atomic E-state index is 0.0917. The SMILES string of the molecule is CCCCCN1C=CCC(=O)N1. The van der Waals surface area contributed by atoms with Gasteiger partial charge in [-0.15, -0.1) is 0 Å². The van der Waals surface area contributed by atoms with Crippen molar-refractivity contribution in [1.82, 2.24) is 10.4 Å². The number of amides is 1. The van der Waals surface area contributed by atoms with E-state index in [-0.39, 0.29) is 5.91 Å². The van der Waals surface area contributed by atoms with Crippen molar-refractivity contribution in [3.8, 4) is 0 Å². The van der Waals surface area contributed by atoms with Gasteiger partial charge in [0.25, 0.3) is 0 Å². The van der Waals surface area contributed by atoms with E-state index in [0.29, 0.717) is 6.42 Å². The average Bonchev–Trinajstić information content (AvgIpc) is 2.05. The molecule has 0 aromatic rings. The first-order valence-electron chi connectivity index (χ1n) is 4.55. The fourth-order valence-electron chi connectivity index (χ4n) is 1.19. The number of carbonyl (C=O) groups is 1. The Labute approximate surface area is 73.4 Å². The Kier molecular flexibility index (Phi) is 3.64. The second kappa shape index (κ2) is 4.80. The molecule has 0 spiro atoms. The van der Waals surface area contributed by atoms with Crippen molar-refractivity contribution in [3.05, 3.63) is 12.3 Å². The zero-order valence-electron chi connectivity index (χ0n) is 7.55. The second-order valence-electron chi connectivity index (χ2n) is 3.02. The van der Waals surface area contributed by atoms with Gasteiger partial charge in [-0.25, -0.2) is 0 Å². The third-order valence-electron chi connectivity index (χ3n) is 1.86. The van der Waals surface area contributed by atoms with E-state index >= 15 is 0 Å². The van der Waals surface area contributed by atoms with Gasteiger partial charge >= 0.3 is 0 Å². The molecule has 0 aromatic heterocycles. The molecule has 0 unspecified atom stereocenters.